The summed E-state index contributed by atoms with van der Waals surface area (Å²) in [7, 11) is -1.67. The molecule has 0 aliphatic carbocycles. The number of carbonyl (C=O) groups excluding carboxylic acids is 1. The summed E-state index contributed by atoms with van der Waals surface area (Å²) in [5, 5.41) is 8.01. The van der Waals surface area contributed by atoms with Crippen molar-refractivity contribution in [2.45, 2.75) is 43.2 Å². The van der Waals surface area contributed by atoms with Crippen LogP contribution in [0.3, 0.4) is 0 Å². The third-order valence-corrected chi connectivity index (χ3v) is 6.13. The summed E-state index contributed by atoms with van der Waals surface area (Å²) in [6, 6.07) is 5.28. The largest absolute Gasteiger partial charge is 0.323 e. The molecule has 2 aliphatic rings. The lowest BCUT2D eigenvalue weighted by atomic mass is 10.1. The first kappa shape index (κ1) is 17.2. The molecule has 0 radical (unpaired) electrons. The fraction of sp³-hybridized carbons (Fsp3) is 0.562. The quantitative estimate of drug-likeness (QED) is 0.840. The minimum atomic E-state index is -3.79. The molecular weight excluding hydrogens is 328 g/mol. The van der Waals surface area contributed by atoms with E-state index in [4.69, 9.17) is 5.14 Å². The first-order chi connectivity index (χ1) is 11.3. The van der Waals surface area contributed by atoms with Gasteiger partial charge in [-0.25, -0.2) is 18.4 Å². The van der Waals surface area contributed by atoms with Crippen LogP contribution in [0.1, 0.15) is 24.8 Å². The number of aryl methyl sites for hydroxylation is 1. The number of carbonyl (C=O) groups is 1. The number of anilines is 1. The zero-order chi connectivity index (χ0) is 17.5. The van der Waals surface area contributed by atoms with E-state index in [1.165, 1.54) is 18.6 Å². The third-order valence-electron chi connectivity index (χ3n) is 5.21. The number of nitrogens with two attached hydrogens (primary N) is 1. The number of rotatable bonds is 2. The highest BCUT2D eigenvalue weighted by Crippen LogP contribution is 2.29. The maximum Gasteiger partial charge on any atom is 0.321 e. The van der Waals surface area contributed by atoms with Crippen molar-refractivity contribution in [2.24, 2.45) is 5.14 Å². The van der Waals surface area contributed by atoms with E-state index in [1.807, 2.05) is 11.8 Å². The fourth-order valence-electron chi connectivity index (χ4n) is 3.60. The van der Waals surface area contributed by atoms with Crippen LogP contribution in [0.25, 0.3) is 0 Å². The van der Waals surface area contributed by atoms with E-state index >= 15 is 0 Å². The first-order valence-corrected chi connectivity index (χ1v) is 9.71. The molecule has 1 aromatic carbocycles. The van der Waals surface area contributed by atoms with Gasteiger partial charge in [-0.15, -0.1) is 0 Å². The maximum atomic E-state index is 12.6. The summed E-state index contributed by atoms with van der Waals surface area (Å²) < 4.78 is 23.0. The number of amides is 2. The van der Waals surface area contributed by atoms with Crippen LogP contribution in [0.4, 0.5) is 10.5 Å². The lowest BCUT2D eigenvalue weighted by Crippen LogP contribution is -2.41. The Balaban J connectivity index is 1.75. The third kappa shape index (κ3) is 3.40. The van der Waals surface area contributed by atoms with E-state index < -0.39 is 10.0 Å². The Morgan fingerprint density at radius 3 is 2.67 bits per heavy atom. The van der Waals surface area contributed by atoms with Gasteiger partial charge in [0.05, 0.1) is 4.90 Å². The smallest absolute Gasteiger partial charge is 0.321 e. The number of hydrogen-bond acceptors (Lipinski definition) is 4. The van der Waals surface area contributed by atoms with E-state index in [-0.39, 0.29) is 10.9 Å². The normalized spacial score (nSPS) is 24.7. The van der Waals surface area contributed by atoms with E-state index in [0.29, 0.717) is 30.9 Å². The van der Waals surface area contributed by atoms with E-state index in [2.05, 4.69) is 17.3 Å². The van der Waals surface area contributed by atoms with Crippen molar-refractivity contribution in [1.82, 2.24) is 9.80 Å². The fourth-order valence-corrected chi connectivity index (χ4v) is 4.14. The van der Waals surface area contributed by atoms with E-state index in [9.17, 15) is 13.2 Å². The molecule has 0 spiro atoms. The predicted octanol–water partition coefficient (Wildman–Crippen LogP) is 1.34. The average Bonchev–Trinajstić information content (AvgIpc) is 2.73. The summed E-state index contributed by atoms with van der Waals surface area (Å²) in [5.74, 6) is 0. The van der Waals surface area contributed by atoms with Crippen LogP contribution in [-0.4, -0.2) is 56.5 Å². The Morgan fingerprint density at radius 1 is 1.25 bits per heavy atom. The molecule has 1 aromatic rings. The molecule has 8 heteroatoms. The number of urea groups is 1. The molecule has 3 rings (SSSR count). The van der Waals surface area contributed by atoms with Gasteiger partial charge in [0.25, 0.3) is 0 Å². The van der Waals surface area contributed by atoms with E-state index in [1.54, 1.807) is 6.07 Å². The van der Waals surface area contributed by atoms with Gasteiger partial charge in [-0.2, -0.15) is 0 Å². The van der Waals surface area contributed by atoms with Gasteiger partial charge in [0, 0.05) is 30.9 Å². The van der Waals surface area contributed by atoms with Crippen LogP contribution in [-0.2, 0) is 10.0 Å². The van der Waals surface area contributed by atoms with Crippen LogP contribution >= 0.6 is 0 Å². The molecule has 132 valence electrons. The average molecular weight is 352 g/mol. The van der Waals surface area contributed by atoms with Crippen molar-refractivity contribution in [3.8, 4) is 0 Å². The highest BCUT2D eigenvalue weighted by molar-refractivity contribution is 7.89. The molecule has 24 heavy (non-hydrogen) atoms. The summed E-state index contributed by atoms with van der Waals surface area (Å²) in [6.45, 7) is 3.23. The van der Waals surface area contributed by atoms with Gasteiger partial charge >= 0.3 is 6.03 Å². The molecule has 2 bridgehead atoms. The molecule has 2 amide bonds. The van der Waals surface area contributed by atoms with Crippen molar-refractivity contribution < 1.29 is 13.2 Å². The minimum Gasteiger partial charge on any atom is -0.323 e. The molecule has 0 aromatic heterocycles. The minimum absolute atomic E-state index is 0.00180. The number of likely N-dealkylation sites (N-methyl/N-ethyl adjacent to an activating group) is 1. The predicted molar refractivity (Wildman–Crippen MR) is 92.3 cm³/mol. The Morgan fingerprint density at radius 2 is 1.96 bits per heavy atom. The van der Waals surface area contributed by atoms with Crippen molar-refractivity contribution in [3.63, 3.8) is 0 Å². The number of sulfonamides is 1. The monoisotopic (exact) mass is 352 g/mol. The summed E-state index contributed by atoms with van der Waals surface area (Å²) in [6.07, 6.45) is 3.29. The van der Waals surface area contributed by atoms with E-state index in [0.717, 1.165) is 18.4 Å². The summed E-state index contributed by atoms with van der Waals surface area (Å²) in [5.41, 5.74) is 1.28. The molecular formula is C16H24N4O3S. The molecule has 2 heterocycles. The van der Waals surface area contributed by atoms with Crippen LogP contribution < -0.4 is 10.5 Å². The van der Waals surface area contributed by atoms with Crippen molar-refractivity contribution >= 4 is 21.7 Å². The summed E-state index contributed by atoms with van der Waals surface area (Å²) in [4.78, 5) is 16.8. The molecule has 0 saturated carbocycles. The Hall–Kier alpha value is -1.64. The lowest BCUT2D eigenvalue weighted by molar-refractivity contribution is 0.200. The topological polar surface area (TPSA) is 95.7 Å². The number of nitrogens with zero attached hydrogens (tertiary/aromatic N) is 2. The van der Waals surface area contributed by atoms with Crippen molar-refractivity contribution in [1.29, 1.82) is 0 Å². The first-order valence-electron chi connectivity index (χ1n) is 8.17. The number of benzene rings is 1. The lowest BCUT2D eigenvalue weighted by Gasteiger charge is -2.26. The van der Waals surface area contributed by atoms with Crippen LogP contribution in [0.15, 0.2) is 23.1 Å². The molecule has 2 atom stereocenters. The number of likely N-dealkylation sites (tertiary alicyclic amines) is 1. The van der Waals surface area contributed by atoms with Crippen LogP contribution in [0.5, 0.6) is 0 Å². The van der Waals surface area contributed by atoms with Gasteiger partial charge in [-0.3, -0.25) is 4.90 Å². The molecule has 2 aliphatic heterocycles. The van der Waals surface area contributed by atoms with Gasteiger partial charge in [0.1, 0.15) is 0 Å². The van der Waals surface area contributed by atoms with Gasteiger partial charge < -0.3 is 10.2 Å². The zero-order valence-corrected chi connectivity index (χ0v) is 14.8. The molecule has 7 nitrogen and oxygen atoms in total. The number of fused-ring (bicyclic) bond motifs is 2. The number of hydrogen-bond donors (Lipinski definition) is 2. The zero-order valence-electron chi connectivity index (χ0n) is 14.0. The highest BCUT2D eigenvalue weighted by atomic mass is 32.2. The van der Waals surface area contributed by atoms with Crippen molar-refractivity contribution in [2.75, 3.05) is 25.5 Å². The second-order valence-corrected chi connectivity index (χ2v) is 8.30. The van der Waals surface area contributed by atoms with Gasteiger partial charge in [0.2, 0.25) is 10.0 Å². The second-order valence-electron chi connectivity index (χ2n) is 6.74. The van der Waals surface area contributed by atoms with Gasteiger partial charge in [0.15, 0.2) is 0 Å². The second kappa shape index (κ2) is 6.34. The Kier molecular flexibility index (Phi) is 4.54. The van der Waals surface area contributed by atoms with Crippen LogP contribution in [0, 0.1) is 6.92 Å². The van der Waals surface area contributed by atoms with Crippen LogP contribution in [0.2, 0.25) is 0 Å². The Bertz CT molecular complexity index is 750. The molecule has 2 saturated heterocycles. The summed E-state index contributed by atoms with van der Waals surface area (Å²) >= 11 is 0. The molecule has 0 unspecified atom stereocenters. The Labute approximate surface area is 142 Å². The standard InChI is InChI=1S/C16H24N4O3S/c1-11-3-6-14(24(17,22)23)9-15(11)18-16(21)20-8-7-12-4-5-13(10-20)19(12)2/h3,6,9,12-13H,4-5,7-8,10H2,1-2H3,(H,18,21)(H2,17,22,23)/t12-,13+/m0/s1. The van der Waals surface area contributed by atoms with Crippen molar-refractivity contribution in [3.05, 3.63) is 23.8 Å². The molecule has 3 N–H and O–H groups in total. The van der Waals surface area contributed by atoms with Gasteiger partial charge in [-0.05, 0) is 50.9 Å². The highest BCUT2D eigenvalue weighted by Gasteiger charge is 2.36. The number of primary sulfonamides is 1. The SMILES string of the molecule is Cc1ccc(S(N)(=O)=O)cc1NC(=O)N1CC[C@@H]2CC[C@H](C1)N2C. The number of nitrogens with one attached hydrogen (secondary N) is 1. The molecule has 2 fully saturated rings. The maximum absolute atomic E-state index is 12.6. The van der Waals surface area contributed by atoms with Gasteiger partial charge in [-0.1, -0.05) is 6.07 Å².